The van der Waals surface area contributed by atoms with Crippen LogP contribution in [0.4, 0.5) is 11.4 Å². The molecule has 2 aromatic carbocycles. The number of nitrogens with two attached hydrogens (primary N) is 1. The third-order valence-corrected chi connectivity index (χ3v) is 6.46. The Hall–Kier alpha value is -2.76. The van der Waals surface area contributed by atoms with E-state index in [4.69, 9.17) is 10.5 Å². The van der Waals surface area contributed by atoms with Crippen LogP contribution in [0.15, 0.2) is 41.4 Å². The number of phenols is 1. The number of nitrogens with one attached hydrogen (secondary N) is 1. The van der Waals surface area contributed by atoms with Crippen molar-refractivity contribution in [2.45, 2.75) is 0 Å². The van der Waals surface area contributed by atoms with Crippen LogP contribution in [0, 0.1) is 0 Å². The van der Waals surface area contributed by atoms with Crippen LogP contribution in [0.3, 0.4) is 0 Å². The standard InChI is InChI=1S/C19H19N3O3Se/c1-21-12-5-6-14(23)17-13(22-2)9-16(19(24)18(12)17)26-15-7-4-10(25-3)8-11(15)20/h4-9,22,24H,20H2,1-3H3. The Morgan fingerprint density at radius 3 is 2.58 bits per heavy atom. The molecule has 0 atom stereocenters. The van der Waals surface area contributed by atoms with E-state index in [0.717, 1.165) is 8.92 Å². The zero-order valence-corrected chi connectivity index (χ0v) is 16.4. The number of anilines is 2. The number of carbonyl (C=O) groups excluding carboxylic acids is 1. The number of aliphatic imine (C=N–C) groups is 1. The van der Waals surface area contributed by atoms with E-state index in [2.05, 4.69) is 10.3 Å². The minimum atomic E-state index is -0.260. The molecule has 1 aliphatic rings. The van der Waals surface area contributed by atoms with E-state index in [1.54, 1.807) is 33.3 Å². The molecule has 0 fully saturated rings. The van der Waals surface area contributed by atoms with E-state index in [9.17, 15) is 9.90 Å². The van der Waals surface area contributed by atoms with E-state index in [0.29, 0.717) is 34.0 Å². The number of aromatic hydroxyl groups is 1. The van der Waals surface area contributed by atoms with Crippen molar-refractivity contribution in [2.24, 2.45) is 4.99 Å². The molecule has 134 valence electrons. The third-order valence-electron chi connectivity index (χ3n) is 4.11. The van der Waals surface area contributed by atoms with Crippen molar-refractivity contribution < 1.29 is 14.6 Å². The van der Waals surface area contributed by atoms with Crippen molar-refractivity contribution >= 4 is 46.8 Å². The average Bonchev–Trinajstić information content (AvgIpc) is 2.65. The second kappa shape index (κ2) is 7.23. The molecule has 26 heavy (non-hydrogen) atoms. The van der Waals surface area contributed by atoms with Crippen LogP contribution in [0.1, 0.15) is 15.9 Å². The quantitative estimate of drug-likeness (QED) is 0.390. The first kappa shape index (κ1) is 18.0. The fourth-order valence-electron chi connectivity index (χ4n) is 2.80. The van der Waals surface area contributed by atoms with Gasteiger partial charge in [0, 0.05) is 0 Å². The summed E-state index contributed by atoms with van der Waals surface area (Å²) in [5.41, 5.74) is 8.88. The monoisotopic (exact) mass is 417 g/mol. The van der Waals surface area contributed by atoms with Gasteiger partial charge in [-0.05, 0) is 0 Å². The first-order chi connectivity index (χ1) is 12.5. The summed E-state index contributed by atoms with van der Waals surface area (Å²) >= 11 is -0.260. The summed E-state index contributed by atoms with van der Waals surface area (Å²) < 4.78 is 6.83. The summed E-state index contributed by atoms with van der Waals surface area (Å²) in [6.07, 6.45) is 3.10. The van der Waals surface area contributed by atoms with Gasteiger partial charge in [-0.15, -0.1) is 0 Å². The first-order valence-electron chi connectivity index (χ1n) is 7.88. The number of ether oxygens (including phenoxy) is 1. The molecule has 2 aromatic rings. The molecule has 0 bridgehead atoms. The SMILES string of the molecule is CN=C1C=CC(=O)c2c(NC)cc([Se]c3ccc(OC)cc3N)c(O)c21. The second-order valence-corrected chi connectivity index (χ2v) is 7.86. The molecule has 6 nitrogen and oxygen atoms in total. The number of carbonyl (C=O) groups is 1. The number of nitrogen functional groups attached to an aromatic ring is 1. The van der Waals surface area contributed by atoms with E-state index < -0.39 is 0 Å². The molecule has 0 amide bonds. The number of fused-ring (bicyclic) bond motifs is 1. The van der Waals surface area contributed by atoms with Crippen LogP contribution < -0.4 is 24.7 Å². The van der Waals surface area contributed by atoms with Gasteiger partial charge in [0.2, 0.25) is 0 Å². The number of benzene rings is 2. The van der Waals surface area contributed by atoms with Gasteiger partial charge in [0.05, 0.1) is 0 Å². The summed E-state index contributed by atoms with van der Waals surface area (Å²) in [6.45, 7) is 0. The normalized spacial score (nSPS) is 14.4. The van der Waals surface area contributed by atoms with Crippen molar-refractivity contribution in [1.29, 1.82) is 0 Å². The predicted molar refractivity (Wildman–Crippen MR) is 106 cm³/mol. The van der Waals surface area contributed by atoms with Gasteiger partial charge in [0.25, 0.3) is 0 Å². The van der Waals surface area contributed by atoms with Gasteiger partial charge in [-0.25, -0.2) is 0 Å². The summed E-state index contributed by atoms with van der Waals surface area (Å²) in [7, 11) is 4.97. The number of rotatable bonds is 4. The molecule has 1 aliphatic carbocycles. The van der Waals surface area contributed by atoms with Gasteiger partial charge in [0.15, 0.2) is 0 Å². The molecule has 4 N–H and O–H groups in total. The van der Waals surface area contributed by atoms with Gasteiger partial charge in [-0.1, -0.05) is 0 Å². The maximum atomic E-state index is 12.4. The third kappa shape index (κ3) is 3.07. The summed E-state index contributed by atoms with van der Waals surface area (Å²) in [5, 5.41) is 13.9. The molecule has 0 aromatic heterocycles. The van der Waals surface area contributed by atoms with Crippen molar-refractivity contribution in [2.75, 3.05) is 32.3 Å². The molecular weight excluding hydrogens is 397 g/mol. The summed E-state index contributed by atoms with van der Waals surface area (Å²) in [6, 6.07) is 7.30. The molecule has 0 radical (unpaired) electrons. The topological polar surface area (TPSA) is 96.9 Å². The first-order valence-corrected chi connectivity index (χ1v) is 9.60. The molecule has 0 heterocycles. The van der Waals surface area contributed by atoms with Gasteiger partial charge < -0.3 is 0 Å². The molecule has 0 unspecified atom stereocenters. The fraction of sp³-hybridized carbons (Fsp3) is 0.158. The van der Waals surface area contributed by atoms with Crippen LogP contribution in [-0.4, -0.2) is 52.8 Å². The number of nitrogens with zero attached hydrogens (tertiary/aromatic N) is 1. The van der Waals surface area contributed by atoms with Crippen LogP contribution >= 0.6 is 0 Å². The van der Waals surface area contributed by atoms with E-state index in [-0.39, 0.29) is 26.5 Å². The maximum absolute atomic E-state index is 12.4. The number of ketones is 1. The molecule has 0 saturated carbocycles. The van der Waals surface area contributed by atoms with E-state index in [1.165, 1.54) is 6.08 Å². The second-order valence-electron chi connectivity index (χ2n) is 5.58. The van der Waals surface area contributed by atoms with Crippen molar-refractivity contribution in [3.63, 3.8) is 0 Å². The molecule has 0 spiro atoms. The van der Waals surface area contributed by atoms with E-state index >= 15 is 0 Å². The summed E-state index contributed by atoms with van der Waals surface area (Å²) in [5.74, 6) is 0.603. The number of phenolic OH excluding ortho intramolecular Hbond substituents is 1. The van der Waals surface area contributed by atoms with Crippen LogP contribution in [0.5, 0.6) is 11.5 Å². The van der Waals surface area contributed by atoms with Crippen LogP contribution in [0.2, 0.25) is 0 Å². The van der Waals surface area contributed by atoms with Crippen LogP contribution in [0.25, 0.3) is 0 Å². The summed E-state index contributed by atoms with van der Waals surface area (Å²) in [4.78, 5) is 16.6. The molecule has 0 aliphatic heterocycles. The Balaban J connectivity index is 2.14. The fourth-order valence-corrected chi connectivity index (χ4v) is 4.74. The Morgan fingerprint density at radius 1 is 1.19 bits per heavy atom. The Morgan fingerprint density at radius 2 is 1.96 bits per heavy atom. The number of allylic oxidation sites excluding steroid dienone is 2. The van der Waals surface area contributed by atoms with Gasteiger partial charge in [-0.2, -0.15) is 0 Å². The predicted octanol–water partition coefficient (Wildman–Crippen LogP) is 0.851. The Labute approximate surface area is 157 Å². The van der Waals surface area contributed by atoms with Crippen molar-refractivity contribution in [3.8, 4) is 11.5 Å². The Kier molecular flexibility index (Phi) is 5.02. The average molecular weight is 416 g/mol. The minimum absolute atomic E-state index is 0.0764. The number of hydrogen-bond acceptors (Lipinski definition) is 6. The van der Waals surface area contributed by atoms with Crippen molar-refractivity contribution in [3.05, 3.63) is 47.5 Å². The van der Waals surface area contributed by atoms with Crippen LogP contribution in [-0.2, 0) is 0 Å². The zero-order chi connectivity index (χ0) is 18.8. The molecule has 7 heteroatoms. The number of hydrogen-bond donors (Lipinski definition) is 3. The Bertz CT molecular complexity index is 952. The molecular formula is C19H19N3O3Se. The van der Waals surface area contributed by atoms with Gasteiger partial charge in [-0.3, -0.25) is 0 Å². The van der Waals surface area contributed by atoms with Gasteiger partial charge in [0.1, 0.15) is 0 Å². The number of methoxy groups -OCH3 is 1. The zero-order valence-electron chi connectivity index (χ0n) is 14.7. The molecule has 3 rings (SSSR count). The van der Waals surface area contributed by atoms with Gasteiger partial charge >= 0.3 is 158 Å². The van der Waals surface area contributed by atoms with E-state index in [1.807, 2.05) is 18.2 Å². The van der Waals surface area contributed by atoms with Crippen molar-refractivity contribution in [1.82, 2.24) is 0 Å². The molecule has 0 saturated heterocycles.